The first-order valence-corrected chi connectivity index (χ1v) is 9.50. The number of hydrogen-bond donors (Lipinski definition) is 0. The summed E-state index contributed by atoms with van der Waals surface area (Å²) < 4.78 is 19.7. The van der Waals surface area contributed by atoms with Crippen LogP contribution in [0.2, 0.25) is 23.2 Å². The van der Waals surface area contributed by atoms with Crippen molar-refractivity contribution in [3.05, 3.63) is 34.6 Å². The molecule has 0 saturated heterocycles. The Morgan fingerprint density at radius 3 is 2.44 bits per heavy atom. The van der Waals surface area contributed by atoms with Gasteiger partial charge in [-0.05, 0) is 36.2 Å². The van der Waals surface area contributed by atoms with Crippen molar-refractivity contribution < 1.29 is 8.82 Å². The monoisotopic (exact) mass is 288 g/mol. The summed E-state index contributed by atoms with van der Waals surface area (Å²) >= 11 is 5.75. The zero-order chi connectivity index (χ0) is 14.0. The highest BCUT2D eigenvalue weighted by atomic mass is 35.5. The van der Waals surface area contributed by atoms with E-state index in [1.165, 1.54) is 0 Å². The second kappa shape index (κ2) is 5.72. The molecule has 0 aliphatic rings. The van der Waals surface area contributed by atoms with Crippen molar-refractivity contribution >= 4 is 19.9 Å². The lowest BCUT2D eigenvalue weighted by Crippen LogP contribution is -2.41. The van der Waals surface area contributed by atoms with Crippen LogP contribution in [-0.4, -0.2) is 14.9 Å². The first kappa shape index (κ1) is 15.7. The van der Waals surface area contributed by atoms with Crippen LogP contribution in [0.3, 0.4) is 0 Å². The van der Waals surface area contributed by atoms with E-state index in [0.29, 0.717) is 18.6 Å². The number of benzene rings is 1. The van der Waals surface area contributed by atoms with Crippen LogP contribution >= 0.6 is 11.6 Å². The Morgan fingerprint density at radius 2 is 1.89 bits per heavy atom. The summed E-state index contributed by atoms with van der Waals surface area (Å²) in [5.41, 5.74) is 0.626. The van der Waals surface area contributed by atoms with Crippen LogP contribution < -0.4 is 0 Å². The van der Waals surface area contributed by atoms with Gasteiger partial charge >= 0.3 is 0 Å². The fourth-order valence-electron chi connectivity index (χ4n) is 1.37. The van der Waals surface area contributed by atoms with Crippen molar-refractivity contribution in [1.29, 1.82) is 0 Å². The van der Waals surface area contributed by atoms with Gasteiger partial charge < -0.3 is 4.43 Å². The van der Waals surface area contributed by atoms with Gasteiger partial charge in [0, 0.05) is 6.61 Å². The fourth-order valence-corrected chi connectivity index (χ4v) is 2.61. The zero-order valence-electron chi connectivity index (χ0n) is 11.8. The molecule has 0 aromatic heterocycles. The lowest BCUT2D eigenvalue weighted by Gasteiger charge is -2.36. The maximum absolute atomic E-state index is 13.7. The molecule has 1 aromatic carbocycles. The summed E-state index contributed by atoms with van der Waals surface area (Å²) in [6.07, 6.45) is 0.568. The van der Waals surface area contributed by atoms with Crippen LogP contribution in [0.1, 0.15) is 26.3 Å². The van der Waals surface area contributed by atoms with Gasteiger partial charge in [0.2, 0.25) is 0 Å². The van der Waals surface area contributed by atoms with E-state index in [0.717, 1.165) is 0 Å². The first-order valence-electron chi connectivity index (χ1n) is 6.22. The number of rotatable bonds is 4. The van der Waals surface area contributed by atoms with Crippen molar-refractivity contribution in [1.82, 2.24) is 0 Å². The van der Waals surface area contributed by atoms with Crippen LogP contribution in [0.4, 0.5) is 4.39 Å². The van der Waals surface area contributed by atoms with E-state index in [2.05, 4.69) is 33.9 Å². The lowest BCUT2D eigenvalue weighted by molar-refractivity contribution is 0.290. The second-order valence-electron chi connectivity index (χ2n) is 6.07. The third-order valence-electron chi connectivity index (χ3n) is 3.67. The normalized spacial score (nSPS) is 12.8. The predicted octanol–water partition coefficient (Wildman–Crippen LogP) is 5.04. The summed E-state index contributed by atoms with van der Waals surface area (Å²) in [6.45, 7) is 11.5. The molecule has 0 aliphatic carbocycles. The van der Waals surface area contributed by atoms with Crippen molar-refractivity contribution in [3.8, 4) is 0 Å². The second-order valence-corrected chi connectivity index (χ2v) is 11.3. The molecule has 0 unspecified atom stereocenters. The van der Waals surface area contributed by atoms with E-state index in [1.54, 1.807) is 18.2 Å². The molecule has 18 heavy (non-hydrogen) atoms. The van der Waals surface area contributed by atoms with Crippen LogP contribution in [0.15, 0.2) is 18.2 Å². The van der Waals surface area contributed by atoms with E-state index in [4.69, 9.17) is 16.0 Å². The van der Waals surface area contributed by atoms with Gasteiger partial charge in [0.25, 0.3) is 0 Å². The fraction of sp³-hybridized carbons (Fsp3) is 0.571. The zero-order valence-corrected chi connectivity index (χ0v) is 13.6. The van der Waals surface area contributed by atoms with Crippen molar-refractivity contribution in [2.75, 3.05) is 6.61 Å². The Bertz CT molecular complexity index is 413. The van der Waals surface area contributed by atoms with E-state index >= 15 is 0 Å². The molecule has 0 bridgehead atoms. The summed E-state index contributed by atoms with van der Waals surface area (Å²) in [6, 6.07) is 5.10. The first-order chi connectivity index (χ1) is 8.15. The summed E-state index contributed by atoms with van der Waals surface area (Å²) in [5.74, 6) is -0.321. The minimum Gasteiger partial charge on any atom is -0.416 e. The molecule has 0 heterocycles. The van der Waals surface area contributed by atoms with Crippen LogP contribution in [-0.2, 0) is 10.8 Å². The molecule has 4 heteroatoms. The van der Waals surface area contributed by atoms with Crippen LogP contribution in [0, 0.1) is 5.82 Å². The Morgan fingerprint density at radius 1 is 1.28 bits per heavy atom. The molecule has 0 fully saturated rings. The van der Waals surface area contributed by atoms with Crippen molar-refractivity contribution in [3.63, 3.8) is 0 Å². The van der Waals surface area contributed by atoms with Crippen LogP contribution in [0.5, 0.6) is 0 Å². The smallest absolute Gasteiger partial charge is 0.191 e. The van der Waals surface area contributed by atoms with E-state index in [-0.39, 0.29) is 15.9 Å². The molecular formula is C14H22ClFOSi. The minimum atomic E-state index is -1.75. The molecular weight excluding hydrogens is 267 g/mol. The standard InChI is InChI=1S/C14H22ClFOSi/c1-14(2,3)18(4,5)17-10-9-11-7-6-8-12(15)13(11)16/h6-8H,9-10H2,1-5H3. The van der Waals surface area contributed by atoms with Crippen LogP contribution in [0.25, 0.3) is 0 Å². The Kier molecular flexibility index (Phi) is 4.98. The Balaban J connectivity index is 2.60. The van der Waals surface area contributed by atoms with Gasteiger partial charge in [-0.1, -0.05) is 44.5 Å². The quantitative estimate of drug-likeness (QED) is 0.705. The third kappa shape index (κ3) is 3.80. The van der Waals surface area contributed by atoms with Gasteiger partial charge in [0.1, 0.15) is 5.82 Å². The number of hydrogen-bond acceptors (Lipinski definition) is 1. The van der Waals surface area contributed by atoms with E-state index < -0.39 is 8.32 Å². The molecule has 0 radical (unpaired) electrons. The Hall–Kier alpha value is -0.383. The third-order valence-corrected chi connectivity index (χ3v) is 8.50. The molecule has 0 atom stereocenters. The van der Waals surface area contributed by atoms with Gasteiger partial charge in [0.15, 0.2) is 8.32 Å². The molecule has 0 aliphatic heterocycles. The van der Waals surface area contributed by atoms with Gasteiger partial charge in [-0.25, -0.2) is 4.39 Å². The highest BCUT2D eigenvalue weighted by Crippen LogP contribution is 2.36. The average Bonchev–Trinajstić information content (AvgIpc) is 2.22. The van der Waals surface area contributed by atoms with Crippen molar-refractivity contribution in [2.24, 2.45) is 0 Å². The average molecular weight is 289 g/mol. The molecule has 1 aromatic rings. The van der Waals surface area contributed by atoms with E-state index in [9.17, 15) is 4.39 Å². The molecule has 0 saturated carbocycles. The molecule has 0 spiro atoms. The summed E-state index contributed by atoms with van der Waals surface area (Å²) in [5, 5.41) is 0.361. The van der Waals surface area contributed by atoms with Crippen molar-refractivity contribution in [2.45, 2.75) is 45.3 Å². The van der Waals surface area contributed by atoms with E-state index in [1.807, 2.05) is 0 Å². The van der Waals surface area contributed by atoms with Gasteiger partial charge in [0.05, 0.1) is 5.02 Å². The number of halogens is 2. The maximum Gasteiger partial charge on any atom is 0.191 e. The molecule has 102 valence electrons. The molecule has 0 N–H and O–H groups in total. The van der Waals surface area contributed by atoms with Gasteiger partial charge in [-0.2, -0.15) is 0 Å². The highest BCUT2D eigenvalue weighted by Gasteiger charge is 2.36. The maximum atomic E-state index is 13.7. The molecule has 1 nitrogen and oxygen atoms in total. The minimum absolute atomic E-state index is 0.180. The SMILES string of the molecule is CC(C)(C)[Si](C)(C)OCCc1cccc(Cl)c1F. The lowest BCUT2D eigenvalue weighted by atomic mass is 10.1. The Labute approximate surface area is 115 Å². The largest absolute Gasteiger partial charge is 0.416 e. The topological polar surface area (TPSA) is 9.23 Å². The van der Waals surface area contributed by atoms with Gasteiger partial charge in [-0.3, -0.25) is 0 Å². The summed E-state index contributed by atoms with van der Waals surface area (Å²) in [4.78, 5) is 0. The summed E-state index contributed by atoms with van der Waals surface area (Å²) in [7, 11) is -1.75. The molecule has 1 rings (SSSR count). The predicted molar refractivity (Wildman–Crippen MR) is 78.3 cm³/mol. The molecule has 0 amide bonds. The van der Waals surface area contributed by atoms with Gasteiger partial charge in [-0.15, -0.1) is 0 Å². The highest BCUT2D eigenvalue weighted by molar-refractivity contribution is 6.74.